The molecular formula is C21H25BrFNO2. The van der Waals surface area contributed by atoms with E-state index < -0.39 is 0 Å². The van der Waals surface area contributed by atoms with Gasteiger partial charge in [0.05, 0.1) is 11.1 Å². The average molecular weight is 422 g/mol. The van der Waals surface area contributed by atoms with Crippen LogP contribution in [0.5, 0.6) is 11.5 Å². The van der Waals surface area contributed by atoms with Crippen LogP contribution in [0.1, 0.15) is 43.7 Å². The van der Waals surface area contributed by atoms with E-state index in [1.165, 1.54) is 31.7 Å². The summed E-state index contributed by atoms with van der Waals surface area (Å²) in [6.07, 6.45) is 5.13. The van der Waals surface area contributed by atoms with Crippen molar-refractivity contribution in [2.24, 2.45) is 0 Å². The predicted octanol–water partition coefficient (Wildman–Crippen LogP) is 5.60. The molecule has 0 radical (unpaired) electrons. The molecule has 0 aliphatic heterocycles. The summed E-state index contributed by atoms with van der Waals surface area (Å²) in [7, 11) is 0. The minimum absolute atomic E-state index is 0.158. The topological polar surface area (TPSA) is 30.5 Å². The standard InChI is InChI=1S/C21H25BrFNO2/c1-2-25-20-12-15(13-24-17-8-4-5-9-17)11-18(22)21(20)26-14-16-7-3-6-10-19(16)23/h3,6-7,10-12,17,24H,2,4-5,8-9,13-14H2,1H3. The molecule has 2 aromatic rings. The zero-order valence-corrected chi connectivity index (χ0v) is 16.6. The van der Waals surface area contributed by atoms with Gasteiger partial charge in [0.2, 0.25) is 0 Å². The molecule has 0 spiro atoms. The maximum atomic E-state index is 13.8. The van der Waals surface area contributed by atoms with E-state index in [0.717, 1.165) is 16.6 Å². The summed E-state index contributed by atoms with van der Waals surface area (Å²) < 4.78 is 26.3. The number of nitrogens with one attached hydrogen (secondary N) is 1. The third-order valence-electron chi connectivity index (χ3n) is 4.65. The van der Waals surface area contributed by atoms with Gasteiger partial charge < -0.3 is 14.8 Å². The first kappa shape index (κ1) is 19.2. The molecule has 0 aromatic heterocycles. The van der Waals surface area contributed by atoms with Crippen LogP contribution < -0.4 is 14.8 Å². The Hall–Kier alpha value is -1.59. The summed E-state index contributed by atoms with van der Waals surface area (Å²) in [6, 6.07) is 11.3. The van der Waals surface area contributed by atoms with Gasteiger partial charge in [-0.3, -0.25) is 0 Å². The normalized spacial score (nSPS) is 14.6. The van der Waals surface area contributed by atoms with Gasteiger partial charge in [0, 0.05) is 18.2 Å². The molecule has 0 unspecified atom stereocenters. The van der Waals surface area contributed by atoms with Crippen molar-refractivity contribution in [1.29, 1.82) is 0 Å². The Labute approximate surface area is 163 Å². The van der Waals surface area contributed by atoms with Gasteiger partial charge in [0.1, 0.15) is 12.4 Å². The average Bonchev–Trinajstić information content (AvgIpc) is 3.14. The number of benzene rings is 2. The summed E-state index contributed by atoms with van der Waals surface area (Å²) in [5.74, 6) is 1.03. The summed E-state index contributed by atoms with van der Waals surface area (Å²) in [4.78, 5) is 0. The SMILES string of the molecule is CCOc1cc(CNC2CCCC2)cc(Br)c1OCc1ccccc1F. The van der Waals surface area contributed by atoms with Crippen molar-refractivity contribution in [3.63, 3.8) is 0 Å². The number of rotatable bonds is 8. The number of ether oxygens (including phenoxy) is 2. The molecule has 2 aromatic carbocycles. The van der Waals surface area contributed by atoms with E-state index >= 15 is 0 Å². The highest BCUT2D eigenvalue weighted by Gasteiger charge is 2.16. The fourth-order valence-electron chi connectivity index (χ4n) is 3.28. The summed E-state index contributed by atoms with van der Waals surface area (Å²) in [5, 5.41) is 3.61. The van der Waals surface area contributed by atoms with E-state index in [1.807, 2.05) is 19.1 Å². The second-order valence-corrected chi connectivity index (χ2v) is 7.43. The molecule has 1 aliphatic rings. The lowest BCUT2D eigenvalue weighted by atomic mass is 10.1. The van der Waals surface area contributed by atoms with Crippen LogP contribution in [0, 0.1) is 5.82 Å². The van der Waals surface area contributed by atoms with Crippen molar-refractivity contribution in [3.8, 4) is 11.5 Å². The van der Waals surface area contributed by atoms with Gasteiger partial charge in [-0.25, -0.2) is 4.39 Å². The third-order valence-corrected chi connectivity index (χ3v) is 5.24. The van der Waals surface area contributed by atoms with Gasteiger partial charge in [-0.15, -0.1) is 0 Å². The van der Waals surface area contributed by atoms with Crippen molar-refractivity contribution in [2.75, 3.05) is 6.61 Å². The first-order valence-corrected chi connectivity index (χ1v) is 10.0. The lowest BCUT2D eigenvalue weighted by Gasteiger charge is -2.17. The van der Waals surface area contributed by atoms with Crippen LogP contribution >= 0.6 is 15.9 Å². The molecule has 1 saturated carbocycles. The van der Waals surface area contributed by atoms with Crippen LogP contribution in [0.25, 0.3) is 0 Å². The van der Waals surface area contributed by atoms with E-state index in [0.29, 0.717) is 29.7 Å². The number of halogens is 2. The Kier molecular flexibility index (Phi) is 6.92. The predicted molar refractivity (Wildman–Crippen MR) is 105 cm³/mol. The monoisotopic (exact) mass is 421 g/mol. The van der Waals surface area contributed by atoms with Crippen molar-refractivity contribution in [1.82, 2.24) is 5.32 Å². The maximum Gasteiger partial charge on any atom is 0.175 e. The van der Waals surface area contributed by atoms with Gasteiger partial charge >= 0.3 is 0 Å². The van der Waals surface area contributed by atoms with E-state index in [2.05, 4.69) is 21.2 Å². The van der Waals surface area contributed by atoms with Crippen LogP contribution in [-0.4, -0.2) is 12.6 Å². The first-order valence-electron chi connectivity index (χ1n) is 9.22. The maximum absolute atomic E-state index is 13.8. The molecule has 5 heteroatoms. The Bertz CT molecular complexity index is 732. The molecule has 140 valence electrons. The molecule has 1 fully saturated rings. The van der Waals surface area contributed by atoms with Crippen molar-refractivity contribution in [3.05, 3.63) is 57.8 Å². The summed E-state index contributed by atoms with van der Waals surface area (Å²) in [6.45, 7) is 3.45. The van der Waals surface area contributed by atoms with E-state index in [-0.39, 0.29) is 12.4 Å². The smallest absolute Gasteiger partial charge is 0.175 e. The van der Waals surface area contributed by atoms with Crippen molar-refractivity contribution in [2.45, 2.75) is 51.8 Å². The lowest BCUT2D eigenvalue weighted by molar-refractivity contribution is 0.264. The van der Waals surface area contributed by atoms with Crippen LogP contribution in [0.3, 0.4) is 0 Å². The molecule has 26 heavy (non-hydrogen) atoms. The van der Waals surface area contributed by atoms with Crippen LogP contribution in [0.4, 0.5) is 4.39 Å². The zero-order valence-electron chi connectivity index (χ0n) is 15.1. The molecule has 3 nitrogen and oxygen atoms in total. The molecule has 1 aliphatic carbocycles. The fourth-order valence-corrected chi connectivity index (χ4v) is 3.89. The highest BCUT2D eigenvalue weighted by atomic mass is 79.9. The second-order valence-electron chi connectivity index (χ2n) is 6.58. The van der Waals surface area contributed by atoms with Crippen LogP contribution in [-0.2, 0) is 13.2 Å². The Morgan fingerprint density at radius 3 is 2.65 bits per heavy atom. The minimum Gasteiger partial charge on any atom is -0.490 e. The molecule has 0 atom stereocenters. The summed E-state index contributed by atoms with van der Waals surface area (Å²) >= 11 is 3.59. The van der Waals surface area contributed by atoms with Gasteiger partial charge in [-0.1, -0.05) is 31.0 Å². The van der Waals surface area contributed by atoms with E-state index in [9.17, 15) is 4.39 Å². The number of hydrogen-bond acceptors (Lipinski definition) is 3. The van der Waals surface area contributed by atoms with Gasteiger partial charge in [0.25, 0.3) is 0 Å². The highest BCUT2D eigenvalue weighted by molar-refractivity contribution is 9.10. The molecular weight excluding hydrogens is 397 g/mol. The van der Waals surface area contributed by atoms with Crippen LogP contribution in [0.15, 0.2) is 40.9 Å². The summed E-state index contributed by atoms with van der Waals surface area (Å²) in [5.41, 5.74) is 1.67. The molecule has 0 amide bonds. The zero-order chi connectivity index (χ0) is 18.4. The van der Waals surface area contributed by atoms with E-state index in [1.54, 1.807) is 18.2 Å². The third kappa shape index (κ3) is 4.98. The van der Waals surface area contributed by atoms with E-state index in [4.69, 9.17) is 9.47 Å². The Balaban J connectivity index is 1.72. The van der Waals surface area contributed by atoms with Gasteiger partial charge in [0.15, 0.2) is 11.5 Å². The molecule has 1 N–H and O–H groups in total. The Morgan fingerprint density at radius 2 is 1.92 bits per heavy atom. The molecule has 0 saturated heterocycles. The van der Waals surface area contributed by atoms with Crippen molar-refractivity contribution < 1.29 is 13.9 Å². The number of hydrogen-bond donors (Lipinski definition) is 1. The van der Waals surface area contributed by atoms with Gasteiger partial charge in [-0.2, -0.15) is 0 Å². The first-order chi connectivity index (χ1) is 12.7. The van der Waals surface area contributed by atoms with Crippen LogP contribution in [0.2, 0.25) is 0 Å². The van der Waals surface area contributed by atoms with Gasteiger partial charge in [-0.05, 0) is 59.5 Å². The molecule has 0 bridgehead atoms. The fraction of sp³-hybridized carbons (Fsp3) is 0.429. The minimum atomic E-state index is -0.265. The molecule has 3 rings (SSSR count). The van der Waals surface area contributed by atoms with Crippen molar-refractivity contribution >= 4 is 15.9 Å². The lowest BCUT2D eigenvalue weighted by Crippen LogP contribution is -2.25. The molecule has 0 heterocycles. The second kappa shape index (κ2) is 9.38. The Morgan fingerprint density at radius 1 is 1.15 bits per heavy atom. The quantitative estimate of drug-likeness (QED) is 0.601. The highest BCUT2D eigenvalue weighted by Crippen LogP contribution is 2.37. The largest absolute Gasteiger partial charge is 0.490 e.